The van der Waals surface area contributed by atoms with Gasteiger partial charge in [0.25, 0.3) is 0 Å². The number of aldehydes is 1. The Hall–Kier alpha value is -0.120. The molecule has 13 heteroatoms. The van der Waals surface area contributed by atoms with Crippen LogP contribution in [0.5, 0.6) is 0 Å². The van der Waals surface area contributed by atoms with E-state index in [9.17, 15) is 24.0 Å². The minimum Gasteiger partial charge on any atom is -0.651 e. The van der Waals surface area contributed by atoms with Crippen LogP contribution in [0.3, 0.4) is 0 Å². The Bertz CT molecular complexity index is 935. The normalized spacial score (nSPS) is 10.3. The molecular weight excluding hydrogens is 663 g/mol. The predicted octanol–water partition coefficient (Wildman–Crippen LogP) is -2.11. The maximum atomic E-state index is 12.0. The van der Waals surface area contributed by atoms with E-state index in [0.29, 0.717) is 31.7 Å². The number of rotatable bonds is 20. The maximum absolute atomic E-state index is 12.0. The zero-order valence-corrected chi connectivity index (χ0v) is 34.0. The zero-order valence-electron chi connectivity index (χ0n) is 24.2. The zero-order chi connectivity index (χ0) is 28.0. The molecule has 0 aliphatic heterocycles. The topological polar surface area (TPSA) is 156 Å². The van der Waals surface area contributed by atoms with Gasteiger partial charge in [-0.1, -0.05) is 30.7 Å². The van der Waals surface area contributed by atoms with Gasteiger partial charge in [0.15, 0.2) is 5.78 Å². The molecule has 40 heavy (non-hydrogen) atoms. The minimum absolute atomic E-state index is 0. The Morgan fingerprint density at radius 1 is 0.950 bits per heavy atom. The molecule has 11 nitrogen and oxygen atoms in total. The van der Waals surface area contributed by atoms with Crippen molar-refractivity contribution < 1.29 is 151 Å². The molecular formula is C27H40N4O7Rb2. The summed E-state index contributed by atoms with van der Waals surface area (Å²) in [7, 11) is 1.74. The van der Waals surface area contributed by atoms with E-state index in [-0.39, 0.29) is 150 Å². The van der Waals surface area contributed by atoms with Crippen LogP contribution < -0.4 is 127 Å². The fourth-order valence-corrected chi connectivity index (χ4v) is 3.06. The summed E-state index contributed by atoms with van der Waals surface area (Å²) in [4.78, 5) is 57.6. The largest absolute Gasteiger partial charge is 1.00 e. The number of unbranched alkanes of at least 4 members (excludes halogenated alkanes) is 3. The molecule has 0 radical (unpaired) electrons. The van der Waals surface area contributed by atoms with E-state index in [2.05, 4.69) is 21.3 Å². The van der Waals surface area contributed by atoms with Crippen LogP contribution in [0.15, 0.2) is 36.0 Å². The van der Waals surface area contributed by atoms with E-state index in [1.54, 1.807) is 38.2 Å². The standard InChI is InChI=1S/C27H40N4O7.2Rb.H2/c1-21(28-2)18-24(33)19-22-8-10-23(11-9-22)31-26(35)20-25(34)29-13-17-37-15-7-16-38-27(36)30-12-5-3-4-6-14-32;;;/h8-11,14,18H,3-7,12-13,15-17,19-20H2,1-2H3,(H4,28,29,30,31,33,34,35,36);;;1H/q;2*+1;/p-2. The van der Waals surface area contributed by atoms with E-state index in [4.69, 9.17) is 9.47 Å². The first kappa shape index (κ1) is 42.0. The molecule has 212 valence electrons. The Labute approximate surface area is 336 Å². The summed E-state index contributed by atoms with van der Waals surface area (Å²) in [6, 6.07) is 6.67. The van der Waals surface area contributed by atoms with Gasteiger partial charge >= 0.3 is 122 Å². The summed E-state index contributed by atoms with van der Waals surface area (Å²) in [6.07, 6.45) is 5.24. The Morgan fingerprint density at radius 2 is 1.68 bits per heavy atom. The average Bonchev–Trinajstić information content (AvgIpc) is 2.88. The van der Waals surface area contributed by atoms with Crippen molar-refractivity contribution in [2.45, 2.75) is 51.9 Å². The van der Waals surface area contributed by atoms with Crippen LogP contribution in [-0.4, -0.2) is 69.9 Å². The smallest absolute Gasteiger partial charge is 0.651 e. The van der Waals surface area contributed by atoms with Crippen LogP contribution in [0, 0.1) is 0 Å². The number of nitrogens with zero attached hydrogens (tertiary/aromatic N) is 2. The van der Waals surface area contributed by atoms with Crippen molar-refractivity contribution in [3.05, 3.63) is 52.2 Å². The van der Waals surface area contributed by atoms with Gasteiger partial charge in [-0.05, 0) is 25.3 Å². The monoisotopic (exact) mass is 702 g/mol. The fourth-order valence-electron chi connectivity index (χ4n) is 3.06. The molecule has 0 fully saturated rings. The van der Waals surface area contributed by atoms with Crippen LogP contribution in [0.25, 0.3) is 10.6 Å². The first-order valence-electron chi connectivity index (χ1n) is 12.7. The minimum atomic E-state index is -0.604. The SMILES string of the molecule is CN/C(C)=C\C(=O)Cc1ccc([N-]C(=O)CC(=O)[N-]CCOCCCOC(=O)NCCCCCC=O)cc1.[HH].[Rb+].[Rb+]. The average molecular weight is 704 g/mol. The Morgan fingerprint density at radius 3 is 2.35 bits per heavy atom. The molecule has 1 rings (SSSR count). The number of hydrogen-bond donors (Lipinski definition) is 2. The van der Waals surface area contributed by atoms with Gasteiger partial charge in [-0.25, -0.2) is 4.79 Å². The van der Waals surface area contributed by atoms with E-state index in [1.165, 1.54) is 6.08 Å². The quantitative estimate of drug-likeness (QED) is 0.0677. The van der Waals surface area contributed by atoms with Crippen molar-refractivity contribution in [2.75, 3.05) is 40.0 Å². The number of hydrogen-bond acceptors (Lipinski definition) is 8. The molecule has 0 saturated carbocycles. The van der Waals surface area contributed by atoms with Gasteiger partial charge in [0.1, 0.15) is 6.29 Å². The molecule has 1 aromatic rings. The summed E-state index contributed by atoms with van der Waals surface area (Å²) < 4.78 is 10.4. The molecule has 0 spiro atoms. The summed E-state index contributed by atoms with van der Waals surface area (Å²) in [5, 5.41) is 13.2. The van der Waals surface area contributed by atoms with E-state index >= 15 is 0 Å². The molecule has 1 aromatic carbocycles. The third-order valence-corrected chi connectivity index (χ3v) is 5.10. The van der Waals surface area contributed by atoms with E-state index in [1.807, 2.05) is 0 Å². The number of ketones is 1. The summed E-state index contributed by atoms with van der Waals surface area (Å²) >= 11 is 0. The van der Waals surface area contributed by atoms with E-state index in [0.717, 1.165) is 36.8 Å². The first-order chi connectivity index (χ1) is 18.3. The molecule has 3 amide bonds. The molecule has 2 N–H and O–H groups in total. The van der Waals surface area contributed by atoms with Crippen LogP contribution in [0.2, 0.25) is 0 Å². The number of alkyl carbamates (subject to hydrolysis) is 1. The van der Waals surface area contributed by atoms with Crippen molar-refractivity contribution >= 4 is 35.7 Å². The van der Waals surface area contributed by atoms with Gasteiger partial charge in [-0.3, -0.25) is 4.79 Å². The molecule has 0 unspecified atom stereocenters. The number of allylic oxidation sites excluding steroid dienone is 2. The second-order valence-electron chi connectivity index (χ2n) is 8.39. The van der Waals surface area contributed by atoms with Crippen molar-refractivity contribution in [2.24, 2.45) is 0 Å². The van der Waals surface area contributed by atoms with Gasteiger partial charge < -0.3 is 45.1 Å². The van der Waals surface area contributed by atoms with Crippen molar-refractivity contribution in [3.63, 3.8) is 0 Å². The van der Waals surface area contributed by atoms with Gasteiger partial charge in [0.2, 0.25) is 0 Å². The number of ether oxygens (including phenoxy) is 2. The van der Waals surface area contributed by atoms with Gasteiger partial charge in [-0.15, -0.1) is 12.2 Å². The summed E-state index contributed by atoms with van der Waals surface area (Å²) in [5.41, 5.74) is 1.96. The second-order valence-corrected chi connectivity index (χ2v) is 8.39. The molecule has 0 saturated heterocycles. The molecule has 0 heterocycles. The number of nitrogens with one attached hydrogen (secondary N) is 2. The van der Waals surface area contributed by atoms with Crippen molar-refractivity contribution in [1.82, 2.24) is 10.6 Å². The van der Waals surface area contributed by atoms with Crippen molar-refractivity contribution in [1.29, 1.82) is 0 Å². The number of carbonyl (C=O) groups is 5. The van der Waals surface area contributed by atoms with Crippen LogP contribution in [0.4, 0.5) is 10.5 Å². The third-order valence-electron chi connectivity index (χ3n) is 5.10. The molecule has 0 atom stereocenters. The van der Waals surface area contributed by atoms with Gasteiger partial charge in [0.05, 0.1) is 18.4 Å². The van der Waals surface area contributed by atoms with Gasteiger partial charge in [0, 0.05) is 65.7 Å². The predicted molar refractivity (Wildman–Crippen MR) is 145 cm³/mol. The molecule has 0 aliphatic rings. The number of amides is 3. The number of benzene rings is 1. The Balaban J connectivity index is -0.00000481. The summed E-state index contributed by atoms with van der Waals surface area (Å²) in [6.45, 7) is 3.16. The fraction of sp³-hybridized carbons (Fsp3) is 0.519. The van der Waals surface area contributed by atoms with Crippen LogP contribution in [-0.2, 0) is 35.1 Å². The Kier molecular flexibility index (Phi) is 29.1. The third kappa shape index (κ3) is 23.4. The van der Waals surface area contributed by atoms with E-state index < -0.39 is 24.3 Å². The molecule has 0 aromatic heterocycles. The second kappa shape index (κ2) is 27.7. The van der Waals surface area contributed by atoms with Crippen LogP contribution >= 0.6 is 0 Å². The summed E-state index contributed by atoms with van der Waals surface area (Å²) in [5.74, 6) is -1.23. The first-order valence-corrected chi connectivity index (χ1v) is 12.7. The molecule has 0 aliphatic carbocycles. The number of carbonyl (C=O) groups excluding carboxylic acids is 5. The molecule has 0 bridgehead atoms. The van der Waals surface area contributed by atoms with Gasteiger partial charge in [-0.2, -0.15) is 0 Å². The van der Waals surface area contributed by atoms with Crippen LogP contribution in [0.1, 0.15) is 52.4 Å². The van der Waals surface area contributed by atoms with Crippen molar-refractivity contribution in [3.8, 4) is 0 Å². The maximum Gasteiger partial charge on any atom is 1.00 e.